The van der Waals surface area contributed by atoms with Crippen LogP contribution >= 0.6 is 0 Å². The van der Waals surface area contributed by atoms with E-state index in [1.54, 1.807) is 17.8 Å². The number of hydrogen-bond donors (Lipinski definition) is 1. The Balaban J connectivity index is 1.91. The fourth-order valence-corrected chi connectivity index (χ4v) is 3.53. The van der Waals surface area contributed by atoms with E-state index < -0.39 is 17.9 Å². The highest BCUT2D eigenvalue weighted by atomic mass is 16.5. The second-order valence-electron chi connectivity index (χ2n) is 8.73. The van der Waals surface area contributed by atoms with Crippen LogP contribution in [0.4, 0.5) is 0 Å². The number of carbonyl (C=O) groups excluding carboxylic acids is 2. The van der Waals surface area contributed by atoms with Gasteiger partial charge in [0.2, 0.25) is 0 Å². The van der Waals surface area contributed by atoms with Gasteiger partial charge in [-0.15, -0.1) is 0 Å². The van der Waals surface area contributed by atoms with Crippen molar-refractivity contribution in [1.29, 1.82) is 0 Å². The Morgan fingerprint density at radius 1 is 1.16 bits per heavy atom. The number of nitrogens with one attached hydrogen (secondary N) is 1. The van der Waals surface area contributed by atoms with Gasteiger partial charge in [-0.25, -0.2) is 4.79 Å². The zero-order valence-electron chi connectivity index (χ0n) is 19.5. The fourth-order valence-electron chi connectivity index (χ4n) is 3.53. The van der Waals surface area contributed by atoms with Crippen molar-refractivity contribution in [2.75, 3.05) is 6.61 Å². The molecule has 2 heterocycles. The maximum atomic E-state index is 13.0. The molecule has 2 aromatic heterocycles. The first-order valence-electron chi connectivity index (χ1n) is 10.7. The van der Waals surface area contributed by atoms with Crippen molar-refractivity contribution in [3.63, 3.8) is 0 Å². The smallest absolute Gasteiger partial charge is 0.333 e. The van der Waals surface area contributed by atoms with Gasteiger partial charge < -0.3 is 10.1 Å². The van der Waals surface area contributed by atoms with Crippen molar-refractivity contribution in [1.82, 2.24) is 24.9 Å². The Bertz CT molecular complexity index is 1090. The third-order valence-electron chi connectivity index (χ3n) is 5.23. The summed E-state index contributed by atoms with van der Waals surface area (Å²) in [5, 5.41) is 11.7. The normalized spacial score (nSPS) is 12.4. The van der Waals surface area contributed by atoms with Crippen LogP contribution in [0.15, 0.2) is 42.7 Å². The van der Waals surface area contributed by atoms with Gasteiger partial charge >= 0.3 is 5.97 Å². The molecule has 3 rings (SSSR count). The lowest BCUT2D eigenvalue weighted by Gasteiger charge is -2.19. The molecule has 32 heavy (non-hydrogen) atoms. The van der Waals surface area contributed by atoms with Crippen molar-refractivity contribution in [2.45, 2.75) is 59.7 Å². The number of nitrogens with zero attached hydrogens (tertiary/aromatic N) is 4. The summed E-state index contributed by atoms with van der Waals surface area (Å²) in [5.74, 6) is -0.914. The van der Waals surface area contributed by atoms with Gasteiger partial charge in [0.15, 0.2) is 6.04 Å². The molecular formula is C24H31N5O3. The van der Waals surface area contributed by atoms with Crippen LogP contribution in [0.5, 0.6) is 0 Å². The molecule has 8 heteroatoms. The van der Waals surface area contributed by atoms with Crippen molar-refractivity contribution in [3.8, 4) is 0 Å². The van der Waals surface area contributed by atoms with Gasteiger partial charge in [0, 0.05) is 17.5 Å². The van der Waals surface area contributed by atoms with Crippen LogP contribution in [0.25, 0.3) is 0 Å². The molecule has 0 spiro atoms. The maximum absolute atomic E-state index is 13.0. The molecule has 3 aromatic rings. The number of rotatable bonds is 7. The number of esters is 1. The summed E-state index contributed by atoms with van der Waals surface area (Å²) in [5.41, 5.74) is 3.33. The van der Waals surface area contributed by atoms with Gasteiger partial charge in [0.05, 0.1) is 36.1 Å². The van der Waals surface area contributed by atoms with Gasteiger partial charge in [-0.3, -0.25) is 14.2 Å². The SMILES string of the molecule is CCOC(=O)[C@H](NC(=O)c1cnn(C(C)(C)C)c1)c1c(C)nn(Cc2ccccc2)c1C. The van der Waals surface area contributed by atoms with Crippen LogP contribution in [0.1, 0.15) is 66.6 Å². The molecule has 0 aliphatic heterocycles. The Labute approximate surface area is 188 Å². The Hall–Kier alpha value is -3.42. The van der Waals surface area contributed by atoms with E-state index >= 15 is 0 Å². The number of aryl methyl sites for hydroxylation is 1. The standard InChI is InChI=1S/C24H31N5O3/c1-7-32-23(31)21(26-22(30)19-13-25-29(15-19)24(4,5)6)20-16(2)27-28(17(20)3)14-18-11-9-8-10-12-18/h8-13,15,21H,7,14H2,1-6H3,(H,26,30)/t21-/m1/s1. The molecule has 1 N–H and O–H groups in total. The summed E-state index contributed by atoms with van der Waals surface area (Å²) >= 11 is 0. The van der Waals surface area contributed by atoms with Crippen molar-refractivity contribution < 1.29 is 14.3 Å². The predicted molar refractivity (Wildman–Crippen MR) is 121 cm³/mol. The first kappa shape index (κ1) is 23.2. The van der Waals surface area contributed by atoms with E-state index in [1.807, 2.05) is 69.6 Å². The zero-order valence-corrected chi connectivity index (χ0v) is 19.5. The predicted octanol–water partition coefficient (Wildman–Crippen LogP) is 3.53. The molecule has 0 aliphatic carbocycles. The third kappa shape index (κ3) is 5.07. The molecule has 0 radical (unpaired) electrons. The van der Waals surface area contributed by atoms with Gasteiger partial charge in [-0.2, -0.15) is 10.2 Å². The number of benzene rings is 1. The first-order chi connectivity index (χ1) is 15.1. The van der Waals surface area contributed by atoms with E-state index in [2.05, 4.69) is 15.5 Å². The van der Waals surface area contributed by atoms with Gasteiger partial charge in [0.1, 0.15) is 0 Å². The highest BCUT2D eigenvalue weighted by molar-refractivity contribution is 5.96. The van der Waals surface area contributed by atoms with Crippen LogP contribution in [-0.4, -0.2) is 38.0 Å². The second kappa shape index (κ2) is 9.38. The average molecular weight is 438 g/mol. The van der Waals surface area contributed by atoms with E-state index in [-0.39, 0.29) is 12.1 Å². The lowest BCUT2D eigenvalue weighted by Crippen LogP contribution is -2.35. The minimum atomic E-state index is -0.968. The van der Waals surface area contributed by atoms with Crippen LogP contribution in [0.3, 0.4) is 0 Å². The second-order valence-corrected chi connectivity index (χ2v) is 8.73. The molecule has 0 fully saturated rings. The highest BCUT2D eigenvalue weighted by Crippen LogP contribution is 2.25. The van der Waals surface area contributed by atoms with E-state index in [0.717, 1.165) is 11.3 Å². The molecule has 0 saturated carbocycles. The van der Waals surface area contributed by atoms with Gasteiger partial charge in [-0.1, -0.05) is 30.3 Å². The van der Waals surface area contributed by atoms with Crippen molar-refractivity contribution in [3.05, 3.63) is 70.8 Å². The summed E-state index contributed by atoms with van der Waals surface area (Å²) in [7, 11) is 0. The summed E-state index contributed by atoms with van der Waals surface area (Å²) in [6.45, 7) is 12.2. The summed E-state index contributed by atoms with van der Waals surface area (Å²) in [6, 6.07) is 8.98. The summed E-state index contributed by atoms with van der Waals surface area (Å²) in [6.07, 6.45) is 3.18. The molecule has 8 nitrogen and oxygen atoms in total. The van der Waals surface area contributed by atoms with Crippen molar-refractivity contribution in [2.24, 2.45) is 0 Å². The zero-order chi connectivity index (χ0) is 23.5. The highest BCUT2D eigenvalue weighted by Gasteiger charge is 2.31. The molecule has 0 bridgehead atoms. The number of amides is 1. The van der Waals surface area contributed by atoms with Crippen LogP contribution in [0.2, 0.25) is 0 Å². The average Bonchev–Trinajstić information content (AvgIpc) is 3.33. The van der Waals surface area contributed by atoms with Crippen LogP contribution in [-0.2, 0) is 21.6 Å². The molecule has 0 unspecified atom stereocenters. The first-order valence-corrected chi connectivity index (χ1v) is 10.7. The molecule has 1 amide bonds. The van der Waals surface area contributed by atoms with E-state index in [1.165, 1.54) is 6.20 Å². The third-order valence-corrected chi connectivity index (χ3v) is 5.23. The van der Waals surface area contributed by atoms with Gasteiger partial charge in [-0.05, 0) is 47.1 Å². The topological polar surface area (TPSA) is 91.0 Å². The lowest BCUT2D eigenvalue weighted by atomic mass is 10.0. The molecule has 1 atom stereocenters. The Morgan fingerprint density at radius 3 is 2.44 bits per heavy atom. The molecular weight excluding hydrogens is 406 g/mol. The van der Waals surface area contributed by atoms with E-state index in [0.29, 0.717) is 23.4 Å². The van der Waals surface area contributed by atoms with E-state index in [4.69, 9.17) is 4.74 Å². The monoisotopic (exact) mass is 437 g/mol. The lowest BCUT2D eigenvalue weighted by molar-refractivity contribution is -0.145. The molecule has 0 aliphatic rings. The number of carbonyl (C=O) groups is 2. The quantitative estimate of drug-likeness (QED) is 0.571. The number of ether oxygens (including phenoxy) is 1. The number of aromatic nitrogens is 4. The summed E-state index contributed by atoms with van der Waals surface area (Å²) in [4.78, 5) is 25.9. The largest absolute Gasteiger partial charge is 0.464 e. The van der Waals surface area contributed by atoms with Crippen LogP contribution < -0.4 is 5.32 Å². The van der Waals surface area contributed by atoms with E-state index in [9.17, 15) is 9.59 Å². The fraction of sp³-hybridized carbons (Fsp3) is 0.417. The van der Waals surface area contributed by atoms with Crippen molar-refractivity contribution >= 4 is 11.9 Å². The number of hydrogen-bond acceptors (Lipinski definition) is 5. The molecule has 170 valence electrons. The maximum Gasteiger partial charge on any atom is 0.333 e. The minimum Gasteiger partial charge on any atom is -0.464 e. The Morgan fingerprint density at radius 2 is 1.84 bits per heavy atom. The minimum absolute atomic E-state index is 0.212. The Kier molecular flexibility index (Phi) is 6.81. The van der Waals surface area contributed by atoms with Crippen LogP contribution in [0, 0.1) is 13.8 Å². The van der Waals surface area contributed by atoms with Gasteiger partial charge in [0.25, 0.3) is 5.91 Å². The summed E-state index contributed by atoms with van der Waals surface area (Å²) < 4.78 is 8.84. The molecule has 1 aromatic carbocycles. The molecule has 0 saturated heterocycles.